The van der Waals surface area contributed by atoms with Gasteiger partial charge in [-0.25, -0.2) is 22.0 Å². The first-order valence-electron chi connectivity index (χ1n) is 4.57. The number of rotatable bonds is 2. The zero-order valence-corrected chi connectivity index (χ0v) is 8.04. The second kappa shape index (κ2) is 3.16. The van der Waals surface area contributed by atoms with Crippen LogP contribution in [0, 0.1) is 17.5 Å². The van der Waals surface area contributed by atoms with Crippen molar-refractivity contribution in [2.75, 3.05) is 6.54 Å². The molecule has 1 nitrogen and oxygen atoms in total. The van der Waals surface area contributed by atoms with Crippen LogP contribution >= 0.6 is 0 Å². The first-order chi connectivity index (χ1) is 7.34. The Kier molecular flexibility index (Phi) is 2.24. The van der Waals surface area contributed by atoms with Crippen LogP contribution in [0.1, 0.15) is 12.0 Å². The van der Waals surface area contributed by atoms with Crippen LogP contribution < -0.4 is 5.73 Å². The van der Waals surface area contributed by atoms with Gasteiger partial charge in [0.05, 0.1) is 5.41 Å². The molecule has 0 aliphatic heterocycles. The quantitative estimate of drug-likeness (QED) is 0.620. The summed E-state index contributed by atoms with van der Waals surface area (Å²) in [5, 5.41) is 0. The Bertz CT molecular complexity index is 422. The number of nitrogens with two attached hydrogens (primary N) is 1. The first-order valence-corrected chi connectivity index (χ1v) is 4.57. The van der Waals surface area contributed by atoms with E-state index in [1.165, 1.54) is 0 Å². The summed E-state index contributed by atoms with van der Waals surface area (Å²) >= 11 is 0. The number of hydrogen-bond acceptors (Lipinski definition) is 1. The maximum Gasteiger partial charge on any atom is 0.260 e. The van der Waals surface area contributed by atoms with E-state index in [9.17, 15) is 22.0 Å². The minimum absolute atomic E-state index is 0.295. The highest BCUT2D eigenvalue weighted by molar-refractivity contribution is 5.39. The minimum Gasteiger partial charge on any atom is -0.329 e. The highest BCUT2D eigenvalue weighted by Gasteiger charge is 2.71. The standard InChI is InChI=1S/C10H8F5N/c11-6-1-5(2-7(12)8(6)13)9(4-16)3-10(9,14)15/h1-2H,3-4,16H2. The number of halogens is 5. The van der Waals surface area contributed by atoms with Crippen molar-refractivity contribution < 1.29 is 22.0 Å². The average molecular weight is 237 g/mol. The van der Waals surface area contributed by atoms with Gasteiger partial charge >= 0.3 is 0 Å². The predicted octanol–water partition coefficient (Wildman–Crippen LogP) is 2.34. The third kappa shape index (κ3) is 1.32. The van der Waals surface area contributed by atoms with Crippen LogP contribution in [0.3, 0.4) is 0 Å². The molecule has 1 aliphatic rings. The second-order valence-corrected chi connectivity index (χ2v) is 3.92. The molecule has 1 atom stereocenters. The van der Waals surface area contributed by atoms with Gasteiger partial charge in [-0.1, -0.05) is 0 Å². The summed E-state index contributed by atoms with van der Waals surface area (Å²) < 4.78 is 64.6. The molecule has 1 unspecified atom stereocenters. The van der Waals surface area contributed by atoms with Crippen molar-refractivity contribution >= 4 is 0 Å². The lowest BCUT2D eigenvalue weighted by molar-refractivity contribution is 0.0894. The summed E-state index contributed by atoms with van der Waals surface area (Å²) in [5.41, 5.74) is 3.15. The predicted molar refractivity (Wildman–Crippen MR) is 46.6 cm³/mol. The summed E-state index contributed by atoms with van der Waals surface area (Å²) in [5.74, 6) is -7.71. The number of hydrogen-bond donors (Lipinski definition) is 1. The van der Waals surface area contributed by atoms with Crippen LogP contribution in [-0.2, 0) is 5.41 Å². The molecule has 1 aromatic carbocycles. The minimum atomic E-state index is -3.08. The maximum atomic E-state index is 13.1. The highest BCUT2D eigenvalue weighted by Crippen LogP contribution is 2.61. The second-order valence-electron chi connectivity index (χ2n) is 3.92. The smallest absolute Gasteiger partial charge is 0.260 e. The van der Waals surface area contributed by atoms with E-state index in [0.717, 1.165) is 0 Å². The molecule has 88 valence electrons. The fourth-order valence-corrected chi connectivity index (χ4v) is 1.82. The SMILES string of the molecule is NCC1(c2cc(F)c(F)c(F)c2)CC1(F)F. The van der Waals surface area contributed by atoms with E-state index in [1.807, 2.05) is 0 Å². The summed E-state index contributed by atoms with van der Waals surface area (Å²) in [4.78, 5) is 0. The lowest BCUT2D eigenvalue weighted by Gasteiger charge is -2.14. The maximum absolute atomic E-state index is 13.1. The van der Waals surface area contributed by atoms with E-state index < -0.39 is 41.8 Å². The third-order valence-electron chi connectivity index (χ3n) is 2.98. The summed E-state index contributed by atoms with van der Waals surface area (Å²) in [6.45, 7) is -0.440. The van der Waals surface area contributed by atoms with Gasteiger partial charge < -0.3 is 5.73 Å². The third-order valence-corrected chi connectivity index (χ3v) is 2.98. The van der Waals surface area contributed by atoms with Crippen molar-refractivity contribution in [1.82, 2.24) is 0 Å². The Morgan fingerprint density at radius 2 is 1.56 bits per heavy atom. The molecule has 0 spiro atoms. The van der Waals surface area contributed by atoms with Crippen LogP contribution in [0.2, 0.25) is 0 Å². The molecule has 1 saturated carbocycles. The molecular weight excluding hydrogens is 229 g/mol. The molecule has 0 aromatic heterocycles. The van der Waals surface area contributed by atoms with Gasteiger partial charge in [0.25, 0.3) is 5.92 Å². The van der Waals surface area contributed by atoms with Gasteiger partial charge in [0.15, 0.2) is 17.5 Å². The fraction of sp³-hybridized carbons (Fsp3) is 0.400. The number of benzene rings is 1. The Labute approximate surface area is 88.1 Å². The highest BCUT2D eigenvalue weighted by atomic mass is 19.3. The van der Waals surface area contributed by atoms with Crippen LogP contribution in [0.4, 0.5) is 22.0 Å². The van der Waals surface area contributed by atoms with Crippen LogP contribution in [0.15, 0.2) is 12.1 Å². The zero-order valence-electron chi connectivity index (χ0n) is 8.04. The Morgan fingerprint density at radius 1 is 1.12 bits per heavy atom. The van der Waals surface area contributed by atoms with E-state index in [0.29, 0.717) is 12.1 Å². The molecule has 0 amide bonds. The molecule has 0 saturated heterocycles. The van der Waals surface area contributed by atoms with Gasteiger partial charge in [-0.3, -0.25) is 0 Å². The molecule has 1 fully saturated rings. The molecule has 16 heavy (non-hydrogen) atoms. The van der Waals surface area contributed by atoms with Crippen LogP contribution in [0.25, 0.3) is 0 Å². The van der Waals surface area contributed by atoms with Crippen molar-refractivity contribution in [3.63, 3.8) is 0 Å². The van der Waals surface area contributed by atoms with E-state index in [2.05, 4.69) is 0 Å². The van der Waals surface area contributed by atoms with Crippen molar-refractivity contribution in [2.45, 2.75) is 17.8 Å². The van der Waals surface area contributed by atoms with Gasteiger partial charge in [0, 0.05) is 13.0 Å². The Morgan fingerprint density at radius 3 is 1.88 bits per heavy atom. The zero-order chi connectivity index (χ0) is 12.1. The van der Waals surface area contributed by atoms with Crippen molar-refractivity contribution in [2.24, 2.45) is 5.73 Å². The molecule has 1 aromatic rings. The van der Waals surface area contributed by atoms with Crippen LogP contribution in [0.5, 0.6) is 0 Å². The molecule has 0 heterocycles. The monoisotopic (exact) mass is 237 g/mol. The molecule has 2 rings (SSSR count). The summed E-state index contributed by atoms with van der Waals surface area (Å²) in [7, 11) is 0. The molecule has 1 aliphatic carbocycles. The van der Waals surface area contributed by atoms with Crippen LogP contribution in [-0.4, -0.2) is 12.5 Å². The lowest BCUT2D eigenvalue weighted by atomic mass is 9.95. The Balaban J connectivity index is 2.50. The lowest BCUT2D eigenvalue weighted by Crippen LogP contribution is -2.27. The number of alkyl halides is 2. The summed E-state index contributed by atoms with van der Waals surface area (Å²) in [6.07, 6.45) is -0.568. The Hall–Kier alpha value is -1.17. The van der Waals surface area contributed by atoms with Gasteiger partial charge in [-0.2, -0.15) is 0 Å². The fourth-order valence-electron chi connectivity index (χ4n) is 1.82. The van der Waals surface area contributed by atoms with Crippen molar-refractivity contribution in [3.05, 3.63) is 35.1 Å². The van der Waals surface area contributed by atoms with E-state index >= 15 is 0 Å². The van der Waals surface area contributed by atoms with Gasteiger partial charge in [-0.05, 0) is 17.7 Å². The van der Waals surface area contributed by atoms with Gasteiger partial charge in [0.2, 0.25) is 0 Å². The summed E-state index contributed by atoms with van der Waals surface area (Å²) in [6, 6.07) is 1.15. The first kappa shape index (κ1) is 11.3. The molecule has 6 heteroatoms. The van der Waals surface area contributed by atoms with Gasteiger partial charge in [-0.15, -0.1) is 0 Å². The van der Waals surface area contributed by atoms with E-state index in [4.69, 9.17) is 5.73 Å². The average Bonchev–Trinajstić information content (AvgIpc) is 2.78. The van der Waals surface area contributed by atoms with Crippen molar-refractivity contribution in [3.8, 4) is 0 Å². The largest absolute Gasteiger partial charge is 0.329 e. The van der Waals surface area contributed by atoms with Crippen molar-refractivity contribution in [1.29, 1.82) is 0 Å². The normalized spacial score (nSPS) is 26.9. The van der Waals surface area contributed by atoms with E-state index in [-0.39, 0.29) is 5.56 Å². The molecule has 2 N–H and O–H groups in total. The molecular formula is C10H8F5N. The molecule has 0 bridgehead atoms. The van der Waals surface area contributed by atoms with Gasteiger partial charge in [0.1, 0.15) is 0 Å². The topological polar surface area (TPSA) is 26.0 Å². The molecule has 0 radical (unpaired) electrons. The van der Waals surface area contributed by atoms with E-state index in [1.54, 1.807) is 0 Å².